The molecule has 3 aromatic rings. The number of thiophene rings is 1. The van der Waals surface area contributed by atoms with Gasteiger partial charge >= 0.3 is 0 Å². The fourth-order valence-corrected chi connectivity index (χ4v) is 3.86. The van der Waals surface area contributed by atoms with Crippen LogP contribution in [0.4, 0.5) is 5.95 Å². The monoisotopic (exact) mass is 335 g/mol. The number of rotatable bonds is 5. The summed E-state index contributed by atoms with van der Waals surface area (Å²) in [6.45, 7) is 2.99. The molecule has 0 amide bonds. The van der Waals surface area contributed by atoms with Crippen LogP contribution in [0.3, 0.4) is 0 Å². The van der Waals surface area contributed by atoms with Gasteiger partial charge in [0.1, 0.15) is 9.86 Å². The first kappa shape index (κ1) is 14.6. The molecule has 6 heteroatoms. The summed E-state index contributed by atoms with van der Waals surface area (Å²) >= 11 is 9.45. The minimum Gasteiger partial charge on any atom is -0.354 e. The van der Waals surface area contributed by atoms with Crippen molar-refractivity contribution in [3.8, 4) is 0 Å². The van der Waals surface area contributed by atoms with Crippen molar-refractivity contribution in [2.75, 3.05) is 11.9 Å². The van der Waals surface area contributed by atoms with Crippen molar-refractivity contribution >= 4 is 50.9 Å². The van der Waals surface area contributed by atoms with Gasteiger partial charge in [-0.1, -0.05) is 42.4 Å². The number of nitrogens with one attached hydrogen (secondary N) is 1. The van der Waals surface area contributed by atoms with Crippen LogP contribution in [-0.2, 0) is 0 Å². The quantitative estimate of drug-likeness (QED) is 0.640. The van der Waals surface area contributed by atoms with E-state index in [1.165, 1.54) is 0 Å². The first-order valence-corrected chi connectivity index (χ1v) is 8.77. The smallest absolute Gasteiger partial charge is 0.225 e. The second-order valence-corrected chi connectivity index (χ2v) is 6.78. The third-order valence-corrected chi connectivity index (χ3v) is 5.20. The highest BCUT2D eigenvalue weighted by Crippen LogP contribution is 2.37. The SMILES string of the molecule is CCCNc1nc(Sc2ccccc2Cl)c2ccsc2n1. The molecule has 0 radical (unpaired) electrons. The molecule has 0 saturated carbocycles. The number of benzene rings is 1. The summed E-state index contributed by atoms with van der Waals surface area (Å²) in [5, 5.41) is 8.05. The predicted molar refractivity (Wildman–Crippen MR) is 91.8 cm³/mol. The maximum Gasteiger partial charge on any atom is 0.225 e. The molecule has 0 aliphatic heterocycles. The molecule has 0 saturated heterocycles. The maximum absolute atomic E-state index is 6.25. The number of aromatic nitrogens is 2. The van der Waals surface area contributed by atoms with E-state index in [0.717, 1.165) is 38.1 Å². The van der Waals surface area contributed by atoms with Crippen molar-refractivity contribution in [1.29, 1.82) is 0 Å². The largest absolute Gasteiger partial charge is 0.354 e. The maximum atomic E-state index is 6.25. The minimum atomic E-state index is 0.682. The summed E-state index contributed by atoms with van der Waals surface area (Å²) in [6.07, 6.45) is 1.04. The van der Waals surface area contributed by atoms with Gasteiger partial charge in [-0.25, -0.2) is 9.97 Å². The van der Waals surface area contributed by atoms with E-state index in [1.54, 1.807) is 23.1 Å². The average Bonchev–Trinajstić information content (AvgIpc) is 2.96. The van der Waals surface area contributed by atoms with Crippen molar-refractivity contribution in [3.63, 3.8) is 0 Å². The number of anilines is 1. The van der Waals surface area contributed by atoms with E-state index in [2.05, 4.69) is 28.3 Å². The Balaban J connectivity index is 2.00. The van der Waals surface area contributed by atoms with Crippen molar-refractivity contribution in [2.24, 2.45) is 0 Å². The Morgan fingerprint density at radius 2 is 2.10 bits per heavy atom. The van der Waals surface area contributed by atoms with E-state index < -0.39 is 0 Å². The lowest BCUT2D eigenvalue weighted by Crippen LogP contribution is -2.04. The van der Waals surface area contributed by atoms with Crippen LogP contribution >= 0.6 is 34.7 Å². The standard InChI is InChI=1S/C15H14ClN3S2/c1-2-8-17-15-18-13-10(7-9-20-13)14(19-15)21-12-6-4-3-5-11(12)16/h3-7,9H,2,8H2,1H3,(H,17,18,19). The highest BCUT2D eigenvalue weighted by atomic mass is 35.5. The molecule has 0 unspecified atom stereocenters. The molecule has 21 heavy (non-hydrogen) atoms. The first-order chi connectivity index (χ1) is 10.3. The van der Waals surface area contributed by atoms with Gasteiger partial charge in [0.25, 0.3) is 0 Å². The molecule has 2 heterocycles. The van der Waals surface area contributed by atoms with E-state index >= 15 is 0 Å². The number of halogens is 1. The molecule has 108 valence electrons. The highest BCUT2D eigenvalue weighted by molar-refractivity contribution is 7.99. The summed E-state index contributed by atoms with van der Waals surface area (Å²) in [5.74, 6) is 0.682. The Morgan fingerprint density at radius 3 is 2.90 bits per heavy atom. The van der Waals surface area contributed by atoms with Crippen molar-refractivity contribution < 1.29 is 0 Å². The summed E-state index contributed by atoms with van der Waals surface area (Å²) in [5.41, 5.74) is 0. The van der Waals surface area contributed by atoms with Gasteiger partial charge in [-0.2, -0.15) is 0 Å². The Morgan fingerprint density at radius 1 is 1.24 bits per heavy atom. The number of nitrogens with zero attached hydrogens (tertiary/aromatic N) is 2. The third-order valence-electron chi connectivity index (χ3n) is 2.87. The molecule has 0 spiro atoms. The fourth-order valence-electron chi connectivity index (χ4n) is 1.85. The lowest BCUT2D eigenvalue weighted by molar-refractivity contribution is 0.947. The van der Waals surface area contributed by atoms with Gasteiger partial charge in [0.2, 0.25) is 5.95 Å². The molecule has 0 aliphatic carbocycles. The zero-order chi connectivity index (χ0) is 14.7. The van der Waals surface area contributed by atoms with Gasteiger partial charge in [0, 0.05) is 16.8 Å². The van der Waals surface area contributed by atoms with Crippen LogP contribution in [0, 0.1) is 0 Å². The third kappa shape index (κ3) is 3.31. The van der Waals surface area contributed by atoms with Crippen LogP contribution in [-0.4, -0.2) is 16.5 Å². The zero-order valence-corrected chi connectivity index (χ0v) is 13.9. The Kier molecular flexibility index (Phi) is 4.63. The summed E-state index contributed by atoms with van der Waals surface area (Å²) in [7, 11) is 0. The predicted octanol–water partition coefficient (Wildman–Crippen LogP) is 5.32. The minimum absolute atomic E-state index is 0.682. The Hall–Kier alpha value is -1.30. The van der Waals surface area contributed by atoms with Crippen LogP contribution in [0.5, 0.6) is 0 Å². The van der Waals surface area contributed by atoms with E-state index in [4.69, 9.17) is 11.6 Å². The summed E-state index contributed by atoms with van der Waals surface area (Å²) < 4.78 is 0. The molecule has 1 aromatic carbocycles. The molecular formula is C15H14ClN3S2. The van der Waals surface area contributed by atoms with Gasteiger partial charge < -0.3 is 5.32 Å². The average molecular weight is 336 g/mol. The Labute approximate surface area is 136 Å². The fraction of sp³-hybridized carbons (Fsp3) is 0.200. The lowest BCUT2D eigenvalue weighted by atomic mass is 10.4. The molecule has 0 atom stereocenters. The first-order valence-electron chi connectivity index (χ1n) is 6.69. The van der Waals surface area contributed by atoms with E-state index in [-0.39, 0.29) is 0 Å². The summed E-state index contributed by atoms with van der Waals surface area (Å²) in [6, 6.07) is 9.87. The second-order valence-electron chi connectivity index (χ2n) is 4.45. The molecule has 0 aliphatic rings. The van der Waals surface area contributed by atoms with Crippen molar-refractivity contribution in [1.82, 2.24) is 9.97 Å². The second kappa shape index (κ2) is 6.64. The molecule has 1 N–H and O–H groups in total. The topological polar surface area (TPSA) is 37.8 Å². The zero-order valence-electron chi connectivity index (χ0n) is 11.5. The molecule has 3 rings (SSSR count). The van der Waals surface area contributed by atoms with Gasteiger partial charge in [-0.3, -0.25) is 0 Å². The van der Waals surface area contributed by atoms with Crippen molar-refractivity contribution in [2.45, 2.75) is 23.3 Å². The molecule has 0 fully saturated rings. The molecular weight excluding hydrogens is 322 g/mol. The van der Waals surface area contributed by atoms with Crippen LogP contribution in [0.15, 0.2) is 45.6 Å². The number of hydrogen-bond acceptors (Lipinski definition) is 5. The van der Waals surface area contributed by atoms with E-state index in [0.29, 0.717) is 5.95 Å². The number of hydrogen-bond donors (Lipinski definition) is 1. The highest BCUT2D eigenvalue weighted by Gasteiger charge is 2.11. The van der Waals surface area contributed by atoms with E-state index in [1.807, 2.05) is 29.6 Å². The number of fused-ring (bicyclic) bond motifs is 1. The van der Waals surface area contributed by atoms with Crippen LogP contribution in [0.2, 0.25) is 5.02 Å². The van der Waals surface area contributed by atoms with Gasteiger partial charge in [-0.05, 0) is 30.0 Å². The van der Waals surface area contributed by atoms with Crippen LogP contribution < -0.4 is 5.32 Å². The Bertz CT molecular complexity index is 758. The van der Waals surface area contributed by atoms with Crippen molar-refractivity contribution in [3.05, 3.63) is 40.7 Å². The molecule has 2 aromatic heterocycles. The van der Waals surface area contributed by atoms with Gasteiger partial charge in [-0.15, -0.1) is 11.3 Å². The lowest BCUT2D eigenvalue weighted by Gasteiger charge is -2.08. The van der Waals surface area contributed by atoms with Crippen LogP contribution in [0.25, 0.3) is 10.2 Å². The van der Waals surface area contributed by atoms with Gasteiger partial charge in [0.05, 0.1) is 5.02 Å². The normalized spacial score (nSPS) is 11.0. The van der Waals surface area contributed by atoms with Gasteiger partial charge in [0.15, 0.2) is 0 Å². The van der Waals surface area contributed by atoms with E-state index in [9.17, 15) is 0 Å². The summed E-state index contributed by atoms with van der Waals surface area (Å²) in [4.78, 5) is 11.2. The molecule has 3 nitrogen and oxygen atoms in total. The molecule has 0 bridgehead atoms. The van der Waals surface area contributed by atoms with Crippen LogP contribution in [0.1, 0.15) is 13.3 Å².